The first-order valence-corrected chi connectivity index (χ1v) is 14.1. The van der Waals surface area contributed by atoms with Crippen LogP contribution in [0.15, 0.2) is 107 Å². The van der Waals surface area contributed by atoms with E-state index < -0.39 is 0 Å². The Hall–Kier alpha value is -3.05. The van der Waals surface area contributed by atoms with E-state index in [-0.39, 0.29) is 6.04 Å². The Balaban J connectivity index is 1.19. The molecule has 38 heavy (non-hydrogen) atoms. The summed E-state index contributed by atoms with van der Waals surface area (Å²) in [6.45, 7) is 0.335. The largest absolute Gasteiger partial charge is 0.488 e. The van der Waals surface area contributed by atoms with E-state index in [1.54, 1.807) is 6.07 Å². The second-order valence-corrected chi connectivity index (χ2v) is 11.4. The van der Waals surface area contributed by atoms with Crippen LogP contribution in [0.25, 0.3) is 0 Å². The molecule has 4 aromatic carbocycles. The molecule has 0 bridgehead atoms. The Morgan fingerprint density at radius 3 is 2.66 bits per heavy atom. The minimum Gasteiger partial charge on any atom is -0.488 e. The molecule has 1 aliphatic carbocycles. The van der Waals surface area contributed by atoms with Crippen molar-refractivity contribution < 1.29 is 4.74 Å². The zero-order chi connectivity index (χ0) is 26.1. The number of aliphatic imine (C=N–C) groups is 1. The number of nitrogens with one attached hydrogen (secondary N) is 1. The van der Waals surface area contributed by atoms with Crippen LogP contribution in [-0.4, -0.2) is 6.21 Å². The average molecular weight is 604 g/mol. The van der Waals surface area contributed by atoms with Gasteiger partial charge in [0.2, 0.25) is 0 Å². The highest BCUT2D eigenvalue weighted by Gasteiger charge is 2.37. The molecule has 2 aliphatic rings. The van der Waals surface area contributed by atoms with Crippen molar-refractivity contribution in [3.05, 3.63) is 134 Å². The third-order valence-corrected chi connectivity index (χ3v) is 8.33. The molecule has 0 amide bonds. The van der Waals surface area contributed by atoms with Crippen molar-refractivity contribution in [2.45, 2.75) is 25.0 Å². The first-order valence-electron chi connectivity index (χ1n) is 12.6. The van der Waals surface area contributed by atoms with Gasteiger partial charge in [-0.3, -0.25) is 4.99 Å². The molecule has 190 valence electrons. The summed E-state index contributed by atoms with van der Waals surface area (Å²) in [6, 6.07) is 28.7. The molecule has 1 heterocycles. The van der Waals surface area contributed by atoms with Crippen molar-refractivity contribution >= 4 is 56.7 Å². The maximum Gasteiger partial charge on any atom is 0.128 e. The number of fused-ring (bicyclic) bond motifs is 3. The lowest BCUT2D eigenvalue weighted by Gasteiger charge is -2.37. The second kappa shape index (κ2) is 11.0. The van der Waals surface area contributed by atoms with Gasteiger partial charge >= 0.3 is 0 Å². The number of nitrogens with zero attached hydrogens (tertiary/aromatic N) is 1. The van der Waals surface area contributed by atoms with Gasteiger partial charge in [0.1, 0.15) is 12.4 Å². The first-order chi connectivity index (χ1) is 18.5. The second-order valence-electron chi connectivity index (χ2n) is 9.62. The number of para-hydroxylation sites is 1. The summed E-state index contributed by atoms with van der Waals surface area (Å²) in [5.74, 6) is 1.71. The molecule has 1 N–H and O–H groups in total. The molecule has 0 aromatic heterocycles. The fraction of sp³-hybridized carbons (Fsp3) is 0.156. The Labute approximate surface area is 241 Å². The van der Waals surface area contributed by atoms with Crippen LogP contribution >= 0.6 is 39.1 Å². The van der Waals surface area contributed by atoms with E-state index in [9.17, 15) is 0 Å². The number of hydrogen-bond donors (Lipinski definition) is 1. The Bertz CT molecular complexity index is 1530. The number of halogens is 3. The highest BCUT2D eigenvalue weighted by atomic mass is 79.9. The van der Waals surface area contributed by atoms with Gasteiger partial charge in [-0.05, 0) is 72.0 Å². The molecule has 0 saturated heterocycles. The molecular formula is C32H25BrCl2N2O. The van der Waals surface area contributed by atoms with E-state index in [0.717, 1.165) is 33.5 Å². The van der Waals surface area contributed by atoms with Crippen molar-refractivity contribution in [3.8, 4) is 5.75 Å². The van der Waals surface area contributed by atoms with Crippen LogP contribution in [0.5, 0.6) is 5.75 Å². The molecule has 0 saturated carbocycles. The number of ether oxygens (including phenoxy) is 1. The van der Waals surface area contributed by atoms with Gasteiger partial charge in [0, 0.05) is 43.5 Å². The molecule has 3 nitrogen and oxygen atoms in total. The average Bonchev–Trinajstić information content (AvgIpc) is 3.43. The summed E-state index contributed by atoms with van der Waals surface area (Å²) < 4.78 is 7.05. The van der Waals surface area contributed by atoms with Crippen molar-refractivity contribution in [1.29, 1.82) is 0 Å². The molecular weight excluding hydrogens is 579 g/mol. The van der Waals surface area contributed by atoms with E-state index >= 15 is 0 Å². The Morgan fingerprint density at radius 2 is 1.82 bits per heavy atom. The molecule has 0 radical (unpaired) electrons. The van der Waals surface area contributed by atoms with Crippen LogP contribution in [0.2, 0.25) is 10.0 Å². The quantitative estimate of drug-likeness (QED) is 0.176. The minimum atomic E-state index is 0.271. The van der Waals surface area contributed by atoms with Crippen LogP contribution in [0.1, 0.15) is 40.6 Å². The van der Waals surface area contributed by atoms with Gasteiger partial charge in [0.15, 0.2) is 0 Å². The van der Waals surface area contributed by atoms with Crippen LogP contribution in [-0.2, 0) is 6.61 Å². The summed E-state index contributed by atoms with van der Waals surface area (Å²) in [6.07, 6.45) is 7.62. The predicted molar refractivity (Wildman–Crippen MR) is 161 cm³/mol. The van der Waals surface area contributed by atoms with E-state index in [4.69, 9.17) is 32.9 Å². The lowest BCUT2D eigenvalue weighted by molar-refractivity contribution is 0.306. The van der Waals surface area contributed by atoms with E-state index in [1.807, 2.05) is 36.5 Å². The van der Waals surface area contributed by atoms with Gasteiger partial charge in [-0.2, -0.15) is 0 Å². The number of hydrogen-bond acceptors (Lipinski definition) is 3. The topological polar surface area (TPSA) is 33.6 Å². The molecule has 0 unspecified atom stereocenters. The number of allylic oxidation sites excluding steroid dienone is 2. The molecule has 0 spiro atoms. The van der Waals surface area contributed by atoms with Gasteiger partial charge in [0.05, 0.1) is 11.7 Å². The van der Waals surface area contributed by atoms with Crippen molar-refractivity contribution in [1.82, 2.24) is 0 Å². The Kier molecular flexibility index (Phi) is 7.29. The van der Waals surface area contributed by atoms with Crippen LogP contribution < -0.4 is 10.1 Å². The maximum absolute atomic E-state index is 6.32. The van der Waals surface area contributed by atoms with Crippen molar-refractivity contribution in [2.24, 2.45) is 10.9 Å². The zero-order valence-electron chi connectivity index (χ0n) is 20.5. The SMILES string of the molecule is Clc1ccc(COc2ccc(Br)cc2C=Nc2ccc([C@@H]3Nc4ccccc4[C@@H]4C=CC[C@H]43)cc2)c(Cl)c1. The monoisotopic (exact) mass is 602 g/mol. The molecule has 6 heteroatoms. The molecule has 1 aliphatic heterocycles. The first kappa shape index (κ1) is 25.2. The third-order valence-electron chi connectivity index (χ3n) is 7.25. The van der Waals surface area contributed by atoms with Crippen molar-refractivity contribution in [2.75, 3.05) is 5.32 Å². The summed E-state index contributed by atoms with van der Waals surface area (Å²) in [5.41, 5.74) is 6.54. The lowest BCUT2D eigenvalue weighted by Crippen LogP contribution is -2.28. The number of anilines is 1. The number of benzene rings is 4. The fourth-order valence-corrected chi connectivity index (χ4v) is 6.17. The van der Waals surface area contributed by atoms with E-state index in [0.29, 0.717) is 28.5 Å². The molecule has 6 rings (SSSR count). The third kappa shape index (κ3) is 5.26. The number of rotatable bonds is 6. The normalized spacial score (nSPS) is 19.7. The highest BCUT2D eigenvalue weighted by molar-refractivity contribution is 9.10. The molecule has 3 atom stereocenters. The summed E-state index contributed by atoms with van der Waals surface area (Å²) >= 11 is 15.9. The van der Waals surface area contributed by atoms with Crippen LogP contribution in [0.4, 0.5) is 11.4 Å². The standard InChI is InChI=1S/C32H25BrCl2N2O/c33-23-11-15-31(38-19-21-8-12-24(34)17-29(21)35)22(16-23)18-36-25-13-9-20(10-14-25)32-28-6-3-5-26(28)27-4-1-2-7-30(27)37-32/h1-5,7-18,26,28,32,37H,6,19H2/t26-,28+,32-/m0/s1. The van der Waals surface area contributed by atoms with Gasteiger partial charge < -0.3 is 10.1 Å². The van der Waals surface area contributed by atoms with Gasteiger partial charge in [0.25, 0.3) is 0 Å². The summed E-state index contributed by atoms with van der Waals surface area (Å²) in [5, 5.41) is 4.98. The summed E-state index contributed by atoms with van der Waals surface area (Å²) in [4.78, 5) is 4.75. The summed E-state index contributed by atoms with van der Waals surface area (Å²) in [7, 11) is 0. The van der Waals surface area contributed by atoms with Gasteiger partial charge in [-0.15, -0.1) is 0 Å². The lowest BCUT2D eigenvalue weighted by atomic mass is 9.77. The molecule has 0 fully saturated rings. The predicted octanol–water partition coefficient (Wildman–Crippen LogP) is 9.91. The fourth-order valence-electron chi connectivity index (χ4n) is 5.33. The van der Waals surface area contributed by atoms with Crippen LogP contribution in [0.3, 0.4) is 0 Å². The molecule has 4 aromatic rings. The van der Waals surface area contributed by atoms with Gasteiger partial charge in [-0.1, -0.05) is 87.7 Å². The Morgan fingerprint density at radius 1 is 0.974 bits per heavy atom. The minimum absolute atomic E-state index is 0.271. The van der Waals surface area contributed by atoms with Crippen molar-refractivity contribution in [3.63, 3.8) is 0 Å². The van der Waals surface area contributed by atoms with E-state index in [1.165, 1.54) is 16.8 Å². The zero-order valence-corrected chi connectivity index (χ0v) is 23.5. The van der Waals surface area contributed by atoms with Crippen LogP contribution in [0, 0.1) is 5.92 Å². The highest BCUT2D eigenvalue weighted by Crippen LogP contribution is 2.49. The smallest absolute Gasteiger partial charge is 0.128 e. The maximum atomic E-state index is 6.32. The van der Waals surface area contributed by atoms with E-state index in [2.05, 4.69) is 81.9 Å². The van der Waals surface area contributed by atoms with Gasteiger partial charge in [-0.25, -0.2) is 0 Å².